The molecule has 2 aromatic heterocycles. The predicted octanol–water partition coefficient (Wildman–Crippen LogP) is 3.22. The first-order valence-corrected chi connectivity index (χ1v) is 6.49. The van der Waals surface area contributed by atoms with Crippen molar-refractivity contribution in [3.8, 4) is 22.9 Å². The first-order valence-electron chi connectivity index (χ1n) is 6.49. The fourth-order valence-electron chi connectivity index (χ4n) is 1.88. The molecule has 0 aliphatic carbocycles. The smallest absolute Gasteiger partial charge is 0.321 e. The summed E-state index contributed by atoms with van der Waals surface area (Å²) in [7, 11) is 0. The van der Waals surface area contributed by atoms with Crippen LogP contribution in [-0.2, 0) is 0 Å². The number of nitrogen functional groups attached to an aromatic ring is 1. The SMILES string of the molecule is Cc1cccc(Oc2ncc(-c3ccc(N)nc3)cn2)c1. The van der Waals surface area contributed by atoms with Crippen molar-refractivity contribution in [1.29, 1.82) is 0 Å². The van der Waals surface area contributed by atoms with Gasteiger partial charge in [0, 0.05) is 29.7 Å². The van der Waals surface area contributed by atoms with Crippen LogP contribution in [0.15, 0.2) is 55.0 Å². The Morgan fingerprint density at radius 1 is 0.905 bits per heavy atom. The molecule has 5 nitrogen and oxygen atoms in total. The van der Waals surface area contributed by atoms with E-state index >= 15 is 0 Å². The molecular weight excluding hydrogens is 264 g/mol. The summed E-state index contributed by atoms with van der Waals surface area (Å²) in [5.74, 6) is 1.20. The number of benzene rings is 1. The van der Waals surface area contributed by atoms with Gasteiger partial charge in [-0.3, -0.25) is 0 Å². The topological polar surface area (TPSA) is 73.9 Å². The van der Waals surface area contributed by atoms with E-state index in [0.29, 0.717) is 11.8 Å². The van der Waals surface area contributed by atoms with Crippen molar-refractivity contribution in [2.24, 2.45) is 0 Å². The lowest BCUT2D eigenvalue weighted by molar-refractivity contribution is 0.441. The van der Waals surface area contributed by atoms with Crippen molar-refractivity contribution < 1.29 is 4.74 Å². The van der Waals surface area contributed by atoms with E-state index in [4.69, 9.17) is 10.5 Å². The minimum atomic E-state index is 0.313. The highest BCUT2D eigenvalue weighted by atomic mass is 16.5. The average Bonchev–Trinajstić information content (AvgIpc) is 2.49. The first kappa shape index (κ1) is 13.1. The zero-order valence-corrected chi connectivity index (χ0v) is 11.5. The minimum absolute atomic E-state index is 0.313. The Labute approximate surface area is 122 Å². The van der Waals surface area contributed by atoms with Crippen LogP contribution in [0, 0.1) is 6.92 Å². The largest absolute Gasteiger partial charge is 0.424 e. The normalized spacial score (nSPS) is 10.3. The van der Waals surface area contributed by atoms with Gasteiger partial charge in [0.05, 0.1) is 0 Å². The highest BCUT2D eigenvalue weighted by Gasteiger charge is 2.03. The van der Waals surface area contributed by atoms with Crippen LogP contribution >= 0.6 is 0 Å². The van der Waals surface area contributed by atoms with Crippen LogP contribution in [0.5, 0.6) is 11.8 Å². The number of pyridine rings is 1. The van der Waals surface area contributed by atoms with E-state index in [1.165, 1.54) is 0 Å². The highest BCUT2D eigenvalue weighted by molar-refractivity contribution is 5.61. The molecule has 104 valence electrons. The molecule has 0 unspecified atom stereocenters. The van der Waals surface area contributed by atoms with Crippen LogP contribution in [-0.4, -0.2) is 15.0 Å². The van der Waals surface area contributed by atoms with Crippen molar-refractivity contribution in [3.05, 3.63) is 60.6 Å². The first-order chi connectivity index (χ1) is 10.2. The standard InChI is InChI=1S/C16H14N4O/c1-11-3-2-4-14(7-11)21-16-19-9-13(10-20-16)12-5-6-15(17)18-8-12/h2-10H,1H3,(H2,17,18). The molecule has 5 heteroatoms. The van der Waals surface area contributed by atoms with Crippen molar-refractivity contribution in [1.82, 2.24) is 15.0 Å². The van der Waals surface area contributed by atoms with Gasteiger partial charge in [-0.25, -0.2) is 15.0 Å². The summed E-state index contributed by atoms with van der Waals surface area (Å²) in [6.45, 7) is 2.00. The van der Waals surface area contributed by atoms with Gasteiger partial charge < -0.3 is 10.5 Å². The summed E-state index contributed by atoms with van der Waals surface area (Å²) in [6, 6.07) is 11.7. The molecule has 2 N–H and O–H groups in total. The van der Waals surface area contributed by atoms with Crippen molar-refractivity contribution >= 4 is 5.82 Å². The van der Waals surface area contributed by atoms with E-state index < -0.39 is 0 Å². The maximum atomic E-state index is 5.61. The lowest BCUT2D eigenvalue weighted by atomic mass is 10.1. The maximum Gasteiger partial charge on any atom is 0.321 e. The molecule has 0 radical (unpaired) electrons. The molecule has 21 heavy (non-hydrogen) atoms. The predicted molar refractivity (Wildman–Crippen MR) is 80.9 cm³/mol. The zero-order valence-electron chi connectivity index (χ0n) is 11.5. The monoisotopic (exact) mass is 278 g/mol. The molecule has 3 aromatic rings. The van der Waals surface area contributed by atoms with Crippen LogP contribution in [0.4, 0.5) is 5.82 Å². The van der Waals surface area contributed by atoms with Crippen LogP contribution < -0.4 is 10.5 Å². The summed E-state index contributed by atoms with van der Waals surface area (Å²) in [4.78, 5) is 12.5. The summed E-state index contributed by atoms with van der Waals surface area (Å²) in [6.07, 6.45) is 5.09. The molecular formula is C16H14N4O. The van der Waals surface area contributed by atoms with Crippen molar-refractivity contribution in [3.63, 3.8) is 0 Å². The van der Waals surface area contributed by atoms with Gasteiger partial charge in [0.25, 0.3) is 0 Å². The number of hydrogen-bond acceptors (Lipinski definition) is 5. The maximum absolute atomic E-state index is 5.61. The number of aryl methyl sites for hydroxylation is 1. The quantitative estimate of drug-likeness (QED) is 0.796. The second-order valence-corrected chi connectivity index (χ2v) is 4.64. The number of rotatable bonds is 3. The third-order valence-electron chi connectivity index (χ3n) is 2.95. The molecule has 0 atom stereocenters. The second-order valence-electron chi connectivity index (χ2n) is 4.64. The molecule has 2 heterocycles. The van der Waals surface area contributed by atoms with Gasteiger partial charge in [-0.15, -0.1) is 0 Å². The Bertz CT molecular complexity index is 739. The highest BCUT2D eigenvalue weighted by Crippen LogP contribution is 2.21. The van der Waals surface area contributed by atoms with Crippen LogP contribution in [0.1, 0.15) is 5.56 Å². The summed E-state index contributed by atoms with van der Waals surface area (Å²) < 4.78 is 5.61. The third-order valence-corrected chi connectivity index (χ3v) is 2.95. The molecule has 0 bridgehead atoms. The van der Waals surface area contributed by atoms with Gasteiger partial charge in [-0.05, 0) is 36.8 Å². The molecule has 0 saturated carbocycles. The number of ether oxygens (including phenoxy) is 1. The fourth-order valence-corrected chi connectivity index (χ4v) is 1.88. The lowest BCUT2D eigenvalue weighted by Gasteiger charge is -2.05. The van der Waals surface area contributed by atoms with Crippen molar-refractivity contribution in [2.75, 3.05) is 5.73 Å². The van der Waals surface area contributed by atoms with Gasteiger partial charge >= 0.3 is 6.01 Å². The van der Waals surface area contributed by atoms with E-state index in [0.717, 1.165) is 22.4 Å². The Balaban J connectivity index is 1.79. The van der Waals surface area contributed by atoms with Gasteiger partial charge in [-0.2, -0.15) is 0 Å². The van der Waals surface area contributed by atoms with Gasteiger partial charge in [0.1, 0.15) is 11.6 Å². The van der Waals surface area contributed by atoms with Crippen molar-refractivity contribution in [2.45, 2.75) is 6.92 Å². The number of nitrogens with two attached hydrogens (primary N) is 1. The van der Waals surface area contributed by atoms with E-state index in [1.807, 2.05) is 37.3 Å². The summed E-state index contributed by atoms with van der Waals surface area (Å²) in [5, 5.41) is 0. The Hall–Kier alpha value is -2.95. The third kappa shape index (κ3) is 3.14. The fraction of sp³-hybridized carbons (Fsp3) is 0.0625. The molecule has 0 aliphatic rings. The second kappa shape index (κ2) is 5.58. The molecule has 0 amide bonds. The van der Waals surface area contributed by atoms with E-state index in [2.05, 4.69) is 15.0 Å². The number of hydrogen-bond donors (Lipinski definition) is 1. The lowest BCUT2D eigenvalue weighted by Crippen LogP contribution is -1.93. The number of anilines is 1. The Morgan fingerprint density at radius 3 is 2.33 bits per heavy atom. The van der Waals surface area contributed by atoms with Crippen LogP contribution in [0.2, 0.25) is 0 Å². The molecule has 0 aliphatic heterocycles. The minimum Gasteiger partial charge on any atom is -0.424 e. The average molecular weight is 278 g/mol. The number of aromatic nitrogens is 3. The molecule has 0 saturated heterocycles. The van der Waals surface area contributed by atoms with Gasteiger partial charge in [0.15, 0.2) is 0 Å². The van der Waals surface area contributed by atoms with E-state index in [1.54, 1.807) is 24.7 Å². The van der Waals surface area contributed by atoms with E-state index in [-0.39, 0.29) is 0 Å². The molecule has 1 aromatic carbocycles. The van der Waals surface area contributed by atoms with Crippen LogP contribution in [0.3, 0.4) is 0 Å². The Kier molecular flexibility index (Phi) is 3.47. The number of nitrogens with zero attached hydrogens (tertiary/aromatic N) is 3. The molecule has 3 rings (SSSR count). The Morgan fingerprint density at radius 2 is 1.67 bits per heavy atom. The summed E-state index contributed by atoms with van der Waals surface area (Å²) >= 11 is 0. The summed E-state index contributed by atoms with van der Waals surface area (Å²) in [5.41, 5.74) is 8.46. The van der Waals surface area contributed by atoms with Gasteiger partial charge in [0.2, 0.25) is 0 Å². The zero-order chi connectivity index (χ0) is 14.7. The van der Waals surface area contributed by atoms with Crippen LogP contribution in [0.25, 0.3) is 11.1 Å². The molecule has 0 spiro atoms. The van der Waals surface area contributed by atoms with Gasteiger partial charge in [-0.1, -0.05) is 12.1 Å². The molecule has 0 fully saturated rings. The van der Waals surface area contributed by atoms with E-state index in [9.17, 15) is 0 Å².